The molecule has 1 N–H and O–H groups in total. The highest BCUT2D eigenvalue weighted by atomic mass is 19.4. The van der Waals surface area contributed by atoms with Crippen LogP contribution in [0.4, 0.5) is 24.7 Å². The van der Waals surface area contributed by atoms with Crippen molar-refractivity contribution in [3.05, 3.63) is 48.0 Å². The van der Waals surface area contributed by atoms with Gasteiger partial charge in [-0.25, -0.2) is 9.50 Å². The maximum absolute atomic E-state index is 13.3. The molecule has 0 aromatic carbocycles. The summed E-state index contributed by atoms with van der Waals surface area (Å²) in [6, 6.07) is 1.67. The van der Waals surface area contributed by atoms with Gasteiger partial charge in [0.1, 0.15) is 17.4 Å². The van der Waals surface area contributed by atoms with Crippen molar-refractivity contribution in [3.8, 4) is 0 Å². The maximum atomic E-state index is 13.3. The van der Waals surface area contributed by atoms with Crippen molar-refractivity contribution in [2.45, 2.75) is 32.0 Å². The summed E-state index contributed by atoms with van der Waals surface area (Å²) in [7, 11) is 0. The largest absolute Gasteiger partial charge is 0.408 e. The van der Waals surface area contributed by atoms with E-state index < -0.39 is 18.1 Å². The number of alkyl halides is 3. The fraction of sp³-hybridized carbons (Fsp3) is 0.333. The number of aryl methyl sites for hydroxylation is 1. The van der Waals surface area contributed by atoms with Crippen LogP contribution in [0.3, 0.4) is 0 Å². The molecule has 0 aliphatic carbocycles. The molecule has 3 aromatic heterocycles. The first kappa shape index (κ1) is 18.2. The predicted octanol–water partition coefficient (Wildman–Crippen LogP) is 3.22. The van der Waals surface area contributed by atoms with Gasteiger partial charge < -0.3 is 10.2 Å². The first-order valence-electron chi connectivity index (χ1n) is 8.74. The third-order valence-corrected chi connectivity index (χ3v) is 4.66. The van der Waals surface area contributed by atoms with Gasteiger partial charge in [0.2, 0.25) is 0 Å². The zero-order chi connectivity index (χ0) is 19.9. The van der Waals surface area contributed by atoms with Crippen molar-refractivity contribution in [1.29, 1.82) is 0 Å². The van der Waals surface area contributed by atoms with Crippen LogP contribution >= 0.6 is 0 Å². The fourth-order valence-corrected chi connectivity index (χ4v) is 3.38. The second-order valence-electron chi connectivity index (χ2n) is 6.71. The molecule has 1 aliphatic heterocycles. The Morgan fingerprint density at radius 2 is 2.11 bits per heavy atom. The molecule has 0 saturated carbocycles. The lowest BCUT2D eigenvalue weighted by atomic mass is 10.2. The summed E-state index contributed by atoms with van der Waals surface area (Å²) in [6.45, 7) is 2.11. The van der Waals surface area contributed by atoms with Gasteiger partial charge in [0, 0.05) is 18.9 Å². The number of carbonyl (C=O) groups excluding carboxylic acids is 1. The van der Waals surface area contributed by atoms with Crippen molar-refractivity contribution in [2.75, 3.05) is 16.8 Å². The Kier molecular flexibility index (Phi) is 4.40. The number of rotatable bonds is 3. The molecule has 1 atom stereocenters. The Morgan fingerprint density at radius 3 is 2.86 bits per heavy atom. The molecule has 7 nitrogen and oxygen atoms in total. The number of pyridine rings is 1. The standard InChI is InChI=1S/C18H17F3N6O/c1-11-7-12(9-22-8-11)24-17(28)13-10-23-27-6-4-15(25-16(13)27)26-5-2-3-14(26)18(19,20)21/h4,6-10,14H,2-3,5H2,1H3,(H,24,28). The van der Waals surface area contributed by atoms with Gasteiger partial charge in [0.05, 0.1) is 18.1 Å². The zero-order valence-corrected chi connectivity index (χ0v) is 14.9. The molecular formula is C18H17F3N6O. The molecule has 28 heavy (non-hydrogen) atoms. The molecule has 0 bridgehead atoms. The highest BCUT2D eigenvalue weighted by Gasteiger charge is 2.46. The van der Waals surface area contributed by atoms with Gasteiger partial charge in [0.15, 0.2) is 5.65 Å². The molecule has 1 amide bonds. The first-order chi connectivity index (χ1) is 13.3. The van der Waals surface area contributed by atoms with E-state index in [1.54, 1.807) is 12.3 Å². The van der Waals surface area contributed by atoms with Crippen LogP contribution in [-0.2, 0) is 0 Å². The number of nitrogens with one attached hydrogen (secondary N) is 1. The minimum atomic E-state index is -4.33. The van der Waals surface area contributed by atoms with Gasteiger partial charge >= 0.3 is 6.18 Å². The summed E-state index contributed by atoms with van der Waals surface area (Å²) >= 11 is 0. The molecule has 146 valence electrons. The maximum Gasteiger partial charge on any atom is 0.408 e. The van der Waals surface area contributed by atoms with Crippen LogP contribution < -0.4 is 10.2 Å². The highest BCUT2D eigenvalue weighted by molar-refractivity contribution is 6.08. The van der Waals surface area contributed by atoms with Gasteiger partial charge in [-0.3, -0.25) is 9.78 Å². The molecular weight excluding hydrogens is 373 g/mol. The Hall–Kier alpha value is -3.17. The number of amides is 1. The first-order valence-corrected chi connectivity index (χ1v) is 8.74. The number of halogens is 3. The minimum absolute atomic E-state index is 0.0311. The molecule has 1 aliphatic rings. The average molecular weight is 390 g/mol. The van der Waals surface area contributed by atoms with E-state index in [9.17, 15) is 18.0 Å². The number of aromatic nitrogens is 4. The Labute approximate surface area is 158 Å². The molecule has 4 heterocycles. The number of hydrogen-bond donors (Lipinski definition) is 1. The van der Waals surface area contributed by atoms with Gasteiger partial charge in [-0.2, -0.15) is 18.3 Å². The van der Waals surface area contributed by atoms with Crippen molar-refractivity contribution in [3.63, 3.8) is 0 Å². The smallest absolute Gasteiger partial charge is 0.344 e. The summed E-state index contributed by atoms with van der Waals surface area (Å²) in [4.78, 5) is 22.2. The van der Waals surface area contributed by atoms with Crippen LogP contribution in [0.25, 0.3) is 5.65 Å². The van der Waals surface area contributed by atoms with E-state index in [1.807, 2.05) is 6.92 Å². The van der Waals surface area contributed by atoms with Crippen molar-refractivity contribution < 1.29 is 18.0 Å². The quantitative estimate of drug-likeness (QED) is 0.743. The molecule has 0 spiro atoms. The SMILES string of the molecule is Cc1cncc(NC(=O)c2cnn3ccc(N4CCCC4C(F)(F)F)nc23)c1. The van der Waals surface area contributed by atoms with E-state index in [2.05, 4.69) is 20.4 Å². The monoisotopic (exact) mass is 390 g/mol. The van der Waals surface area contributed by atoms with E-state index in [1.165, 1.54) is 34.1 Å². The third kappa shape index (κ3) is 3.37. The van der Waals surface area contributed by atoms with Crippen LogP contribution in [0.1, 0.15) is 28.8 Å². The second-order valence-corrected chi connectivity index (χ2v) is 6.71. The fourth-order valence-electron chi connectivity index (χ4n) is 3.38. The topological polar surface area (TPSA) is 75.4 Å². The molecule has 1 unspecified atom stereocenters. The molecule has 1 saturated heterocycles. The Balaban J connectivity index is 1.66. The van der Waals surface area contributed by atoms with Gasteiger partial charge in [-0.15, -0.1) is 0 Å². The number of fused-ring (bicyclic) bond motifs is 1. The van der Waals surface area contributed by atoms with Gasteiger partial charge in [-0.1, -0.05) is 0 Å². The van der Waals surface area contributed by atoms with E-state index in [0.29, 0.717) is 12.1 Å². The lowest BCUT2D eigenvalue weighted by Crippen LogP contribution is -2.41. The summed E-state index contributed by atoms with van der Waals surface area (Å²) in [5.74, 6) is -0.278. The van der Waals surface area contributed by atoms with E-state index in [4.69, 9.17) is 0 Å². The van der Waals surface area contributed by atoms with Crippen LogP contribution in [0, 0.1) is 6.92 Å². The summed E-state index contributed by atoms with van der Waals surface area (Å²) < 4.78 is 41.2. The highest BCUT2D eigenvalue weighted by Crippen LogP contribution is 2.35. The van der Waals surface area contributed by atoms with Crippen LogP contribution in [0.15, 0.2) is 36.9 Å². The average Bonchev–Trinajstić information content (AvgIpc) is 3.28. The van der Waals surface area contributed by atoms with E-state index in [-0.39, 0.29) is 30.0 Å². The summed E-state index contributed by atoms with van der Waals surface area (Å²) in [5.41, 5.74) is 1.76. The molecule has 4 rings (SSSR count). The van der Waals surface area contributed by atoms with Crippen LogP contribution in [0.2, 0.25) is 0 Å². The van der Waals surface area contributed by atoms with Crippen LogP contribution in [-0.4, -0.2) is 44.3 Å². The lowest BCUT2D eigenvalue weighted by Gasteiger charge is -2.27. The predicted molar refractivity (Wildman–Crippen MR) is 96.3 cm³/mol. The van der Waals surface area contributed by atoms with Crippen molar-refractivity contribution in [1.82, 2.24) is 19.6 Å². The van der Waals surface area contributed by atoms with E-state index in [0.717, 1.165) is 5.56 Å². The zero-order valence-electron chi connectivity index (χ0n) is 14.9. The van der Waals surface area contributed by atoms with Gasteiger partial charge in [-0.05, 0) is 37.5 Å². The summed E-state index contributed by atoms with van der Waals surface area (Å²) in [5, 5.41) is 6.78. The lowest BCUT2D eigenvalue weighted by molar-refractivity contribution is -0.146. The number of anilines is 2. The van der Waals surface area contributed by atoms with E-state index >= 15 is 0 Å². The Morgan fingerprint density at radius 1 is 1.29 bits per heavy atom. The second kappa shape index (κ2) is 6.77. The normalized spacial score (nSPS) is 17.3. The molecule has 0 radical (unpaired) electrons. The Bertz CT molecular complexity index is 1030. The molecule has 10 heteroatoms. The number of carbonyl (C=O) groups is 1. The summed E-state index contributed by atoms with van der Waals surface area (Å²) in [6.07, 6.45) is 2.15. The van der Waals surface area contributed by atoms with Gasteiger partial charge in [0.25, 0.3) is 5.91 Å². The molecule has 3 aromatic rings. The minimum Gasteiger partial charge on any atom is -0.344 e. The molecule has 1 fully saturated rings. The third-order valence-electron chi connectivity index (χ3n) is 4.66. The van der Waals surface area contributed by atoms with Crippen LogP contribution in [0.5, 0.6) is 0 Å². The van der Waals surface area contributed by atoms with Crippen molar-refractivity contribution in [2.24, 2.45) is 0 Å². The number of nitrogens with zero attached hydrogens (tertiary/aromatic N) is 5. The number of hydrogen-bond acceptors (Lipinski definition) is 5. The van der Waals surface area contributed by atoms with Crippen molar-refractivity contribution >= 4 is 23.1 Å².